The number of benzene rings is 1. The van der Waals surface area contributed by atoms with E-state index in [0.29, 0.717) is 0 Å². The molecule has 108 valence electrons. The lowest BCUT2D eigenvalue weighted by molar-refractivity contribution is 0.355. The van der Waals surface area contributed by atoms with E-state index in [1.54, 1.807) is 14.2 Å². The molecule has 1 aliphatic heterocycles. The van der Waals surface area contributed by atoms with Crippen LogP contribution in [0.3, 0.4) is 0 Å². The van der Waals surface area contributed by atoms with Crippen molar-refractivity contribution in [1.29, 1.82) is 0 Å². The number of nitrogens with zero attached hydrogens (tertiary/aromatic N) is 1. The largest absolute Gasteiger partial charge is 0.493 e. The first-order chi connectivity index (χ1) is 9.45. The summed E-state index contributed by atoms with van der Waals surface area (Å²) in [5, 5.41) is 0. The average Bonchev–Trinajstić information content (AvgIpc) is 2.45. The zero-order valence-electron chi connectivity index (χ0n) is 13.0. The third kappa shape index (κ3) is 3.03. The molecule has 1 aromatic rings. The summed E-state index contributed by atoms with van der Waals surface area (Å²) >= 11 is 0. The van der Waals surface area contributed by atoms with Gasteiger partial charge in [-0.05, 0) is 23.3 Å². The number of rotatable bonds is 3. The molecule has 0 bridgehead atoms. The van der Waals surface area contributed by atoms with Gasteiger partial charge in [-0.3, -0.25) is 4.99 Å². The molecule has 0 N–H and O–H groups in total. The highest BCUT2D eigenvalue weighted by atomic mass is 16.5. The Kier molecular flexibility index (Phi) is 4.17. The lowest BCUT2D eigenvalue weighted by atomic mass is 9.83. The number of hydrogen-bond acceptors (Lipinski definition) is 3. The molecular weight excluding hydrogens is 250 g/mol. The molecule has 0 aromatic heterocycles. The Morgan fingerprint density at radius 2 is 1.75 bits per heavy atom. The second kappa shape index (κ2) is 5.70. The van der Waals surface area contributed by atoms with E-state index < -0.39 is 0 Å². The third-order valence-electron chi connectivity index (χ3n) is 3.60. The van der Waals surface area contributed by atoms with Gasteiger partial charge in [0.2, 0.25) is 0 Å². The van der Waals surface area contributed by atoms with Crippen molar-refractivity contribution in [3.63, 3.8) is 0 Å². The highest BCUT2D eigenvalue weighted by Gasteiger charge is 2.22. The van der Waals surface area contributed by atoms with E-state index in [1.807, 2.05) is 12.1 Å². The predicted octanol–water partition coefficient (Wildman–Crippen LogP) is 3.98. The molecule has 0 aliphatic carbocycles. The molecule has 20 heavy (non-hydrogen) atoms. The summed E-state index contributed by atoms with van der Waals surface area (Å²) in [5.74, 6) is 1.53. The maximum Gasteiger partial charge on any atom is 0.161 e. The van der Waals surface area contributed by atoms with Gasteiger partial charge in [-0.25, -0.2) is 0 Å². The molecule has 0 radical (unpaired) electrons. The minimum atomic E-state index is 0.121. The van der Waals surface area contributed by atoms with Gasteiger partial charge in [0.25, 0.3) is 0 Å². The SMILES string of the molecule is COc1ccc(C2=CCN=C(C(C)(C)C)C2)cc1OC. The van der Waals surface area contributed by atoms with E-state index in [9.17, 15) is 0 Å². The Morgan fingerprint density at radius 3 is 2.35 bits per heavy atom. The molecular formula is C17H23NO2. The average molecular weight is 273 g/mol. The number of hydrogen-bond donors (Lipinski definition) is 0. The first kappa shape index (κ1) is 14.6. The van der Waals surface area contributed by atoms with Crippen molar-refractivity contribution in [2.75, 3.05) is 20.8 Å². The second-order valence-electron chi connectivity index (χ2n) is 6.01. The van der Waals surface area contributed by atoms with Crippen molar-refractivity contribution < 1.29 is 9.47 Å². The van der Waals surface area contributed by atoms with Crippen LogP contribution in [0.15, 0.2) is 29.3 Å². The lowest BCUT2D eigenvalue weighted by Gasteiger charge is -2.25. The van der Waals surface area contributed by atoms with Crippen LogP contribution in [-0.4, -0.2) is 26.5 Å². The van der Waals surface area contributed by atoms with Crippen LogP contribution in [0, 0.1) is 5.41 Å². The van der Waals surface area contributed by atoms with Crippen molar-refractivity contribution in [2.24, 2.45) is 10.4 Å². The van der Waals surface area contributed by atoms with Gasteiger partial charge in [0, 0.05) is 17.5 Å². The zero-order chi connectivity index (χ0) is 14.8. The quantitative estimate of drug-likeness (QED) is 0.834. The maximum absolute atomic E-state index is 5.38. The fourth-order valence-electron chi connectivity index (χ4n) is 2.33. The third-order valence-corrected chi connectivity index (χ3v) is 3.60. The first-order valence-corrected chi connectivity index (χ1v) is 6.91. The summed E-state index contributed by atoms with van der Waals surface area (Å²) in [6.07, 6.45) is 3.09. The maximum atomic E-state index is 5.38. The number of aliphatic imine (C=N–C) groups is 1. The van der Waals surface area contributed by atoms with E-state index in [2.05, 4.69) is 37.9 Å². The van der Waals surface area contributed by atoms with Crippen LogP contribution in [-0.2, 0) is 0 Å². The summed E-state index contributed by atoms with van der Waals surface area (Å²) in [7, 11) is 3.32. The Labute approximate surface area is 121 Å². The monoisotopic (exact) mass is 273 g/mol. The van der Waals surface area contributed by atoms with Crippen LogP contribution >= 0.6 is 0 Å². The smallest absolute Gasteiger partial charge is 0.161 e. The van der Waals surface area contributed by atoms with Crippen molar-refractivity contribution in [3.8, 4) is 11.5 Å². The van der Waals surface area contributed by atoms with Gasteiger partial charge in [0.15, 0.2) is 11.5 Å². The van der Waals surface area contributed by atoms with Gasteiger partial charge in [-0.2, -0.15) is 0 Å². The van der Waals surface area contributed by atoms with Crippen molar-refractivity contribution >= 4 is 11.3 Å². The molecule has 1 aliphatic rings. The summed E-state index contributed by atoms with van der Waals surface area (Å²) in [6, 6.07) is 6.08. The van der Waals surface area contributed by atoms with Crippen molar-refractivity contribution in [2.45, 2.75) is 27.2 Å². The molecule has 2 rings (SSSR count). The standard InChI is InChI=1S/C17H23NO2/c1-17(2,3)16-11-13(8-9-18-16)12-6-7-14(19-4)15(10-12)20-5/h6-8,10H,9,11H2,1-5H3. The van der Waals surface area contributed by atoms with Gasteiger partial charge in [-0.1, -0.05) is 32.9 Å². The summed E-state index contributed by atoms with van der Waals surface area (Å²) < 4.78 is 10.7. The Bertz CT molecular complexity index is 551. The minimum absolute atomic E-state index is 0.121. The zero-order valence-corrected chi connectivity index (χ0v) is 13.0. The van der Waals surface area contributed by atoms with Crippen molar-refractivity contribution in [1.82, 2.24) is 0 Å². The molecule has 1 aromatic carbocycles. The number of dihydropyridines is 1. The molecule has 3 heteroatoms. The first-order valence-electron chi connectivity index (χ1n) is 6.91. The summed E-state index contributed by atoms with van der Waals surface area (Å²) in [5.41, 5.74) is 3.87. The lowest BCUT2D eigenvalue weighted by Crippen LogP contribution is -2.23. The number of ether oxygens (including phenoxy) is 2. The van der Waals surface area contributed by atoms with E-state index in [1.165, 1.54) is 16.8 Å². The molecule has 0 saturated carbocycles. The van der Waals surface area contributed by atoms with E-state index in [-0.39, 0.29) is 5.41 Å². The fourth-order valence-corrected chi connectivity index (χ4v) is 2.33. The van der Waals surface area contributed by atoms with Crippen LogP contribution in [0.5, 0.6) is 11.5 Å². The van der Waals surface area contributed by atoms with Gasteiger partial charge in [-0.15, -0.1) is 0 Å². The fraction of sp³-hybridized carbons (Fsp3) is 0.471. The minimum Gasteiger partial charge on any atom is -0.493 e. The topological polar surface area (TPSA) is 30.8 Å². The summed E-state index contributed by atoms with van der Waals surface area (Å²) in [4.78, 5) is 4.64. The van der Waals surface area contributed by atoms with Gasteiger partial charge in [0.1, 0.15) is 0 Å². The Balaban J connectivity index is 2.27. The molecule has 0 unspecified atom stereocenters. The van der Waals surface area contributed by atoms with Gasteiger partial charge >= 0.3 is 0 Å². The Morgan fingerprint density at radius 1 is 1.05 bits per heavy atom. The molecule has 0 amide bonds. The van der Waals surface area contributed by atoms with E-state index >= 15 is 0 Å². The molecule has 0 fully saturated rings. The van der Waals surface area contributed by atoms with E-state index in [0.717, 1.165) is 24.5 Å². The number of allylic oxidation sites excluding steroid dienone is 1. The van der Waals surface area contributed by atoms with Crippen LogP contribution in [0.2, 0.25) is 0 Å². The predicted molar refractivity (Wildman–Crippen MR) is 83.9 cm³/mol. The normalized spacial score (nSPS) is 15.4. The van der Waals surface area contributed by atoms with E-state index in [4.69, 9.17) is 9.47 Å². The molecule has 0 spiro atoms. The van der Waals surface area contributed by atoms with Gasteiger partial charge in [0.05, 0.1) is 20.8 Å². The van der Waals surface area contributed by atoms with Crippen LogP contribution in [0.25, 0.3) is 5.57 Å². The Hall–Kier alpha value is -1.77. The molecule has 3 nitrogen and oxygen atoms in total. The highest BCUT2D eigenvalue weighted by Crippen LogP contribution is 2.34. The highest BCUT2D eigenvalue weighted by molar-refractivity contribution is 5.99. The number of methoxy groups -OCH3 is 2. The molecule has 0 atom stereocenters. The van der Waals surface area contributed by atoms with Crippen LogP contribution < -0.4 is 9.47 Å². The molecule has 0 saturated heterocycles. The molecule has 1 heterocycles. The van der Waals surface area contributed by atoms with Crippen molar-refractivity contribution in [3.05, 3.63) is 29.8 Å². The van der Waals surface area contributed by atoms with Crippen LogP contribution in [0.1, 0.15) is 32.8 Å². The second-order valence-corrected chi connectivity index (χ2v) is 6.01. The van der Waals surface area contributed by atoms with Crippen LogP contribution in [0.4, 0.5) is 0 Å². The van der Waals surface area contributed by atoms with Gasteiger partial charge < -0.3 is 9.47 Å². The summed E-state index contributed by atoms with van der Waals surface area (Å²) in [6.45, 7) is 7.40.